The lowest BCUT2D eigenvalue weighted by Gasteiger charge is -2.05. The topological polar surface area (TPSA) is 72.6 Å². The van der Waals surface area contributed by atoms with Gasteiger partial charge in [-0.25, -0.2) is 18.6 Å². The number of aromatic carboxylic acids is 1. The maximum atomic E-state index is 12.5. The van der Waals surface area contributed by atoms with Crippen molar-refractivity contribution in [2.45, 2.75) is 38.2 Å². The highest BCUT2D eigenvalue weighted by Gasteiger charge is 2.26. The maximum absolute atomic E-state index is 12.5. The minimum absolute atomic E-state index is 0.0261. The van der Waals surface area contributed by atoms with E-state index in [9.17, 15) is 13.6 Å². The van der Waals surface area contributed by atoms with Crippen LogP contribution in [0.1, 0.15) is 47.8 Å². The summed E-state index contributed by atoms with van der Waals surface area (Å²) in [5.41, 5.74) is -0.801. The lowest BCUT2D eigenvalue weighted by atomic mass is 10.1. The predicted molar refractivity (Wildman–Crippen MR) is 55.7 cm³/mol. The van der Waals surface area contributed by atoms with Crippen LogP contribution < -0.4 is 0 Å². The van der Waals surface area contributed by atoms with Gasteiger partial charge in [0.15, 0.2) is 11.6 Å². The second-order valence-electron chi connectivity index (χ2n) is 4.10. The summed E-state index contributed by atoms with van der Waals surface area (Å²) in [5.74, 6) is -2.27. The molecule has 5 nitrogen and oxygen atoms in total. The highest BCUT2D eigenvalue weighted by Crippen LogP contribution is 2.25. The molecule has 0 radical (unpaired) electrons. The van der Waals surface area contributed by atoms with Crippen molar-refractivity contribution >= 4 is 5.97 Å². The number of aromatic nitrogens is 1. The van der Waals surface area contributed by atoms with Gasteiger partial charge >= 0.3 is 5.97 Å². The van der Waals surface area contributed by atoms with Crippen molar-refractivity contribution in [3.05, 3.63) is 17.3 Å². The first-order valence-electron chi connectivity index (χ1n) is 5.70. The molecule has 1 atom stereocenters. The largest absolute Gasteiger partial charge is 0.475 e. The second-order valence-corrected chi connectivity index (χ2v) is 4.10. The lowest BCUT2D eigenvalue weighted by Crippen LogP contribution is -2.06. The van der Waals surface area contributed by atoms with Gasteiger partial charge in [0.1, 0.15) is 0 Å². The first-order valence-corrected chi connectivity index (χ1v) is 5.70. The molecule has 1 fully saturated rings. The third-order valence-corrected chi connectivity index (χ3v) is 2.80. The molecule has 0 saturated carbocycles. The summed E-state index contributed by atoms with van der Waals surface area (Å²) in [6.07, 6.45) is -0.0518. The van der Waals surface area contributed by atoms with Crippen LogP contribution in [-0.2, 0) is 11.2 Å². The van der Waals surface area contributed by atoms with Crippen molar-refractivity contribution < 1.29 is 27.8 Å². The van der Waals surface area contributed by atoms with Crippen LogP contribution >= 0.6 is 0 Å². The Balaban J connectivity index is 2.04. The zero-order valence-electron chi connectivity index (χ0n) is 9.57. The first kappa shape index (κ1) is 12.9. The highest BCUT2D eigenvalue weighted by atomic mass is 19.3. The Kier molecular flexibility index (Phi) is 3.90. The number of hydrogen-bond donors (Lipinski definition) is 1. The minimum Gasteiger partial charge on any atom is -0.475 e. The Morgan fingerprint density at radius 3 is 2.83 bits per heavy atom. The van der Waals surface area contributed by atoms with Crippen molar-refractivity contribution in [3.8, 4) is 0 Å². The van der Waals surface area contributed by atoms with E-state index in [1.54, 1.807) is 0 Å². The summed E-state index contributed by atoms with van der Waals surface area (Å²) in [6, 6.07) is 0. The number of rotatable bonds is 5. The van der Waals surface area contributed by atoms with Crippen molar-refractivity contribution in [1.82, 2.24) is 4.98 Å². The number of aryl methyl sites for hydroxylation is 1. The third kappa shape index (κ3) is 2.84. The summed E-state index contributed by atoms with van der Waals surface area (Å²) >= 11 is 0. The molecule has 0 aliphatic carbocycles. The molecule has 1 N–H and O–H groups in total. The van der Waals surface area contributed by atoms with Gasteiger partial charge in [-0.15, -0.1) is 0 Å². The number of halogens is 2. The monoisotopic (exact) mass is 261 g/mol. The molecule has 1 aliphatic heterocycles. The van der Waals surface area contributed by atoms with Gasteiger partial charge in [-0.3, -0.25) is 0 Å². The SMILES string of the molecule is O=C(O)c1oc(CCC2CCCO2)nc1C(F)F. The normalized spacial score (nSPS) is 19.6. The number of carboxylic acid groups (broad SMARTS) is 1. The number of oxazole rings is 1. The molecule has 7 heteroatoms. The van der Waals surface area contributed by atoms with Gasteiger partial charge in [0.25, 0.3) is 6.43 Å². The van der Waals surface area contributed by atoms with Crippen LogP contribution in [0.2, 0.25) is 0 Å². The molecular weight excluding hydrogens is 248 g/mol. The molecule has 1 aromatic heterocycles. The standard InChI is InChI=1S/C11H13F2NO4/c12-10(13)8-9(11(15)16)18-7(14-8)4-3-6-2-1-5-17-6/h6,10H,1-5H2,(H,15,16). The molecule has 1 aromatic rings. The van der Waals surface area contributed by atoms with E-state index in [4.69, 9.17) is 14.3 Å². The summed E-state index contributed by atoms with van der Waals surface area (Å²) in [7, 11) is 0. The van der Waals surface area contributed by atoms with Crippen molar-refractivity contribution in [1.29, 1.82) is 0 Å². The van der Waals surface area contributed by atoms with E-state index >= 15 is 0 Å². The van der Waals surface area contributed by atoms with Crippen LogP contribution in [0.5, 0.6) is 0 Å². The van der Waals surface area contributed by atoms with E-state index in [0.717, 1.165) is 12.8 Å². The van der Waals surface area contributed by atoms with Gasteiger partial charge < -0.3 is 14.3 Å². The van der Waals surface area contributed by atoms with E-state index in [-0.39, 0.29) is 12.0 Å². The van der Waals surface area contributed by atoms with Crippen LogP contribution in [0.15, 0.2) is 4.42 Å². The Morgan fingerprint density at radius 2 is 2.33 bits per heavy atom. The summed E-state index contributed by atoms with van der Waals surface area (Å²) in [4.78, 5) is 14.2. The van der Waals surface area contributed by atoms with Gasteiger partial charge in [-0.1, -0.05) is 0 Å². The Hall–Kier alpha value is -1.50. The summed E-state index contributed by atoms with van der Waals surface area (Å²) in [6.45, 7) is 0.707. The molecule has 1 unspecified atom stereocenters. The second kappa shape index (κ2) is 5.43. The maximum Gasteiger partial charge on any atom is 0.374 e. The highest BCUT2D eigenvalue weighted by molar-refractivity contribution is 5.85. The number of carbonyl (C=O) groups is 1. The Labute approximate surface area is 102 Å². The predicted octanol–water partition coefficient (Wildman–Crippen LogP) is 2.42. The molecule has 0 aromatic carbocycles. The third-order valence-electron chi connectivity index (χ3n) is 2.80. The van der Waals surface area contributed by atoms with Gasteiger partial charge in [0.2, 0.25) is 5.76 Å². The van der Waals surface area contributed by atoms with E-state index in [2.05, 4.69) is 4.98 Å². The average molecular weight is 261 g/mol. The fourth-order valence-electron chi connectivity index (χ4n) is 1.94. The molecule has 1 saturated heterocycles. The zero-order chi connectivity index (χ0) is 13.1. The van der Waals surface area contributed by atoms with Gasteiger partial charge in [-0.05, 0) is 19.3 Å². The van der Waals surface area contributed by atoms with Crippen molar-refractivity contribution in [3.63, 3.8) is 0 Å². The lowest BCUT2D eigenvalue weighted by molar-refractivity contribution is 0.0643. The van der Waals surface area contributed by atoms with Gasteiger partial charge in [0, 0.05) is 13.0 Å². The molecule has 100 valence electrons. The fourth-order valence-corrected chi connectivity index (χ4v) is 1.94. The molecule has 0 amide bonds. The Bertz CT molecular complexity index is 427. The molecular formula is C11H13F2NO4. The molecule has 2 rings (SSSR count). The van der Waals surface area contributed by atoms with E-state index in [1.165, 1.54) is 0 Å². The molecule has 1 aliphatic rings. The number of hydrogen-bond acceptors (Lipinski definition) is 4. The summed E-state index contributed by atoms with van der Waals surface area (Å²) < 4.78 is 35.3. The van der Waals surface area contributed by atoms with Gasteiger partial charge in [0.05, 0.1) is 6.10 Å². The number of nitrogens with zero attached hydrogens (tertiary/aromatic N) is 1. The van der Waals surface area contributed by atoms with Crippen molar-refractivity contribution in [2.24, 2.45) is 0 Å². The van der Waals surface area contributed by atoms with Gasteiger partial charge in [-0.2, -0.15) is 0 Å². The zero-order valence-corrected chi connectivity index (χ0v) is 9.57. The van der Waals surface area contributed by atoms with E-state index < -0.39 is 23.8 Å². The number of carboxylic acids is 1. The van der Waals surface area contributed by atoms with Crippen LogP contribution in [0.4, 0.5) is 8.78 Å². The van der Waals surface area contributed by atoms with Crippen LogP contribution in [-0.4, -0.2) is 28.8 Å². The quantitative estimate of drug-likeness (QED) is 0.881. The molecule has 0 bridgehead atoms. The van der Waals surface area contributed by atoms with E-state index in [1.807, 2.05) is 0 Å². The fraction of sp³-hybridized carbons (Fsp3) is 0.636. The minimum atomic E-state index is -2.95. The van der Waals surface area contributed by atoms with Crippen LogP contribution in [0.3, 0.4) is 0 Å². The smallest absolute Gasteiger partial charge is 0.374 e. The van der Waals surface area contributed by atoms with Crippen molar-refractivity contribution in [2.75, 3.05) is 6.61 Å². The van der Waals surface area contributed by atoms with E-state index in [0.29, 0.717) is 19.4 Å². The Morgan fingerprint density at radius 1 is 1.56 bits per heavy atom. The molecule has 0 spiro atoms. The molecule has 2 heterocycles. The summed E-state index contributed by atoms with van der Waals surface area (Å²) in [5, 5.41) is 8.72. The molecule has 18 heavy (non-hydrogen) atoms. The number of alkyl halides is 2. The van der Waals surface area contributed by atoms with Crippen LogP contribution in [0, 0.1) is 0 Å². The first-order chi connectivity index (χ1) is 8.58. The number of ether oxygens (including phenoxy) is 1. The average Bonchev–Trinajstić information content (AvgIpc) is 2.95. The van der Waals surface area contributed by atoms with Crippen LogP contribution in [0.25, 0.3) is 0 Å².